The summed E-state index contributed by atoms with van der Waals surface area (Å²) < 4.78 is 0. The Labute approximate surface area is 105 Å². The van der Waals surface area contributed by atoms with Crippen molar-refractivity contribution in [3.8, 4) is 0 Å². The molecule has 1 heterocycles. The van der Waals surface area contributed by atoms with Gasteiger partial charge in [0.05, 0.1) is 5.41 Å². The smallest absolute Gasteiger partial charge is 0.227 e. The van der Waals surface area contributed by atoms with Crippen molar-refractivity contribution in [3.63, 3.8) is 0 Å². The van der Waals surface area contributed by atoms with Crippen LogP contribution in [0.25, 0.3) is 0 Å². The number of nitrogens with one attached hydrogen (secondary N) is 2. The van der Waals surface area contributed by atoms with Crippen molar-refractivity contribution >= 4 is 5.91 Å². The van der Waals surface area contributed by atoms with Crippen LogP contribution >= 0.6 is 0 Å². The Bertz CT molecular complexity index is 265. The van der Waals surface area contributed by atoms with Crippen LogP contribution in [0.4, 0.5) is 0 Å². The maximum atomic E-state index is 12.3. The topological polar surface area (TPSA) is 41.1 Å². The van der Waals surface area contributed by atoms with Crippen LogP contribution in [0.2, 0.25) is 0 Å². The van der Waals surface area contributed by atoms with E-state index in [2.05, 4.69) is 24.5 Å². The maximum Gasteiger partial charge on any atom is 0.227 e. The summed E-state index contributed by atoms with van der Waals surface area (Å²) in [6.07, 6.45) is 6.28. The summed E-state index contributed by atoms with van der Waals surface area (Å²) >= 11 is 0. The van der Waals surface area contributed by atoms with Gasteiger partial charge in [0, 0.05) is 13.1 Å². The molecule has 98 valence electrons. The van der Waals surface area contributed by atoms with Crippen LogP contribution < -0.4 is 10.6 Å². The number of hydrogen-bond donors (Lipinski definition) is 2. The highest BCUT2D eigenvalue weighted by Crippen LogP contribution is 2.34. The molecule has 2 aliphatic rings. The van der Waals surface area contributed by atoms with Crippen molar-refractivity contribution in [2.24, 2.45) is 17.3 Å². The zero-order chi connectivity index (χ0) is 12.3. The quantitative estimate of drug-likeness (QED) is 0.768. The second-order valence-corrected chi connectivity index (χ2v) is 6.08. The molecule has 2 fully saturated rings. The van der Waals surface area contributed by atoms with E-state index in [1.807, 2.05) is 0 Å². The third kappa shape index (κ3) is 2.65. The first-order chi connectivity index (χ1) is 8.15. The number of carbonyl (C=O) groups is 1. The molecule has 0 spiro atoms. The van der Waals surface area contributed by atoms with Crippen LogP contribution in [-0.4, -0.2) is 25.5 Å². The van der Waals surface area contributed by atoms with E-state index in [-0.39, 0.29) is 11.3 Å². The Kier molecular flexibility index (Phi) is 4.08. The summed E-state index contributed by atoms with van der Waals surface area (Å²) in [5.41, 5.74) is -0.153. The van der Waals surface area contributed by atoms with Gasteiger partial charge in [-0.25, -0.2) is 0 Å². The van der Waals surface area contributed by atoms with Gasteiger partial charge in [-0.2, -0.15) is 0 Å². The number of carbonyl (C=O) groups excluding carboxylic acids is 1. The van der Waals surface area contributed by atoms with E-state index in [4.69, 9.17) is 0 Å². The molecule has 2 rings (SSSR count). The van der Waals surface area contributed by atoms with Crippen LogP contribution in [0.5, 0.6) is 0 Å². The number of amides is 1. The van der Waals surface area contributed by atoms with Gasteiger partial charge in [0.15, 0.2) is 0 Å². The Hall–Kier alpha value is -0.570. The van der Waals surface area contributed by atoms with E-state index in [1.165, 1.54) is 25.7 Å². The molecule has 0 aromatic rings. The summed E-state index contributed by atoms with van der Waals surface area (Å²) in [6.45, 7) is 7.03. The molecule has 1 saturated heterocycles. The number of rotatable bonds is 5. The van der Waals surface area contributed by atoms with Crippen molar-refractivity contribution in [1.82, 2.24) is 10.6 Å². The highest BCUT2D eigenvalue weighted by atomic mass is 16.2. The Morgan fingerprint density at radius 2 is 2.24 bits per heavy atom. The summed E-state index contributed by atoms with van der Waals surface area (Å²) in [5, 5.41) is 6.50. The summed E-state index contributed by atoms with van der Waals surface area (Å²) in [7, 11) is 0. The third-order valence-corrected chi connectivity index (χ3v) is 4.81. The monoisotopic (exact) mass is 238 g/mol. The molecule has 1 saturated carbocycles. The van der Waals surface area contributed by atoms with Gasteiger partial charge < -0.3 is 10.6 Å². The van der Waals surface area contributed by atoms with E-state index in [1.54, 1.807) is 0 Å². The van der Waals surface area contributed by atoms with Crippen molar-refractivity contribution < 1.29 is 4.79 Å². The first kappa shape index (κ1) is 12.9. The molecule has 0 aromatic carbocycles. The molecule has 3 heteroatoms. The predicted octanol–water partition coefficient (Wildman–Crippen LogP) is 1.93. The van der Waals surface area contributed by atoms with E-state index >= 15 is 0 Å². The minimum absolute atomic E-state index is 0.153. The van der Waals surface area contributed by atoms with Crippen molar-refractivity contribution in [1.29, 1.82) is 0 Å². The van der Waals surface area contributed by atoms with Crippen molar-refractivity contribution in [3.05, 3.63) is 0 Å². The molecule has 17 heavy (non-hydrogen) atoms. The number of hydrogen-bond acceptors (Lipinski definition) is 2. The zero-order valence-corrected chi connectivity index (χ0v) is 11.2. The lowest BCUT2D eigenvalue weighted by molar-refractivity contribution is -0.132. The first-order valence-corrected chi connectivity index (χ1v) is 7.14. The van der Waals surface area contributed by atoms with E-state index in [0.29, 0.717) is 5.92 Å². The van der Waals surface area contributed by atoms with Gasteiger partial charge in [-0.05, 0) is 31.2 Å². The zero-order valence-electron chi connectivity index (χ0n) is 11.2. The fourth-order valence-corrected chi connectivity index (χ4v) is 3.01. The molecular weight excluding hydrogens is 212 g/mol. The normalized spacial score (nSPS) is 29.4. The lowest BCUT2D eigenvalue weighted by Gasteiger charge is -2.32. The van der Waals surface area contributed by atoms with Gasteiger partial charge >= 0.3 is 0 Å². The standard InChI is InChI=1S/C14H26N2O/c1-11(2)14(7-9-15-10-14)13(17)16-8-6-12-4-3-5-12/h11-12,15H,3-10H2,1-2H3,(H,16,17). The molecule has 1 atom stereocenters. The Morgan fingerprint density at radius 1 is 1.47 bits per heavy atom. The molecule has 3 nitrogen and oxygen atoms in total. The first-order valence-electron chi connectivity index (χ1n) is 7.14. The second-order valence-electron chi connectivity index (χ2n) is 6.08. The predicted molar refractivity (Wildman–Crippen MR) is 69.7 cm³/mol. The maximum absolute atomic E-state index is 12.3. The third-order valence-electron chi connectivity index (χ3n) is 4.81. The highest BCUT2D eigenvalue weighted by molar-refractivity contribution is 5.83. The highest BCUT2D eigenvalue weighted by Gasteiger charge is 2.43. The molecule has 1 unspecified atom stereocenters. The van der Waals surface area contributed by atoms with Crippen molar-refractivity contribution in [2.75, 3.05) is 19.6 Å². The van der Waals surface area contributed by atoms with E-state index in [9.17, 15) is 4.79 Å². The van der Waals surface area contributed by atoms with Crippen LogP contribution in [0, 0.1) is 17.3 Å². The molecule has 0 radical (unpaired) electrons. The minimum Gasteiger partial charge on any atom is -0.356 e. The molecule has 0 bridgehead atoms. The van der Waals surface area contributed by atoms with Crippen LogP contribution in [0.3, 0.4) is 0 Å². The lowest BCUT2D eigenvalue weighted by atomic mass is 9.75. The van der Waals surface area contributed by atoms with Gasteiger partial charge in [-0.15, -0.1) is 0 Å². The van der Waals surface area contributed by atoms with E-state index in [0.717, 1.165) is 32.0 Å². The summed E-state index contributed by atoms with van der Waals surface area (Å²) in [5.74, 6) is 1.57. The lowest BCUT2D eigenvalue weighted by Crippen LogP contribution is -2.46. The fourth-order valence-electron chi connectivity index (χ4n) is 3.01. The molecule has 0 aromatic heterocycles. The van der Waals surface area contributed by atoms with Crippen LogP contribution in [0.1, 0.15) is 46.0 Å². The Morgan fingerprint density at radius 3 is 2.71 bits per heavy atom. The van der Waals surface area contributed by atoms with E-state index < -0.39 is 0 Å². The molecular formula is C14H26N2O. The Balaban J connectivity index is 1.79. The fraction of sp³-hybridized carbons (Fsp3) is 0.929. The van der Waals surface area contributed by atoms with Gasteiger partial charge in [0.2, 0.25) is 5.91 Å². The minimum atomic E-state index is -0.153. The van der Waals surface area contributed by atoms with Gasteiger partial charge in [-0.3, -0.25) is 4.79 Å². The van der Waals surface area contributed by atoms with Crippen LogP contribution in [-0.2, 0) is 4.79 Å². The average molecular weight is 238 g/mol. The summed E-state index contributed by atoms with van der Waals surface area (Å²) in [6, 6.07) is 0. The summed E-state index contributed by atoms with van der Waals surface area (Å²) in [4.78, 5) is 12.3. The largest absolute Gasteiger partial charge is 0.356 e. The van der Waals surface area contributed by atoms with Gasteiger partial charge in [0.25, 0.3) is 0 Å². The SMILES string of the molecule is CC(C)C1(C(=O)NCCC2CCC2)CCNC1. The molecule has 1 aliphatic carbocycles. The van der Waals surface area contributed by atoms with Crippen LogP contribution in [0.15, 0.2) is 0 Å². The van der Waals surface area contributed by atoms with Gasteiger partial charge in [-0.1, -0.05) is 33.1 Å². The average Bonchev–Trinajstić information content (AvgIpc) is 2.71. The van der Waals surface area contributed by atoms with Gasteiger partial charge in [0.1, 0.15) is 0 Å². The second kappa shape index (κ2) is 5.38. The molecule has 1 aliphatic heterocycles. The molecule has 2 N–H and O–H groups in total. The van der Waals surface area contributed by atoms with Crippen molar-refractivity contribution in [2.45, 2.75) is 46.0 Å². The molecule has 1 amide bonds.